The molecule has 0 aliphatic heterocycles. The van der Waals surface area contributed by atoms with Crippen LogP contribution in [0.3, 0.4) is 0 Å². The van der Waals surface area contributed by atoms with E-state index in [1.165, 1.54) is 24.3 Å². The van der Waals surface area contributed by atoms with Gasteiger partial charge in [0.1, 0.15) is 5.69 Å². The topological polar surface area (TPSA) is 98.1 Å². The van der Waals surface area contributed by atoms with Crippen molar-refractivity contribution in [2.75, 3.05) is 5.32 Å². The summed E-state index contributed by atoms with van der Waals surface area (Å²) in [5, 5.41) is 6.13. The molecule has 25 heavy (non-hydrogen) atoms. The number of sulfone groups is 1. The minimum Gasteiger partial charge on any atom is -0.319 e. The van der Waals surface area contributed by atoms with Crippen LogP contribution in [-0.2, 0) is 16.4 Å². The van der Waals surface area contributed by atoms with E-state index >= 15 is 0 Å². The van der Waals surface area contributed by atoms with E-state index < -0.39 is 26.4 Å². The average Bonchev–Trinajstić information content (AvgIpc) is 2.57. The number of amides is 1. The van der Waals surface area contributed by atoms with Crippen LogP contribution >= 0.6 is 0 Å². The lowest BCUT2D eigenvalue weighted by molar-refractivity contribution is 0.101. The third kappa shape index (κ3) is 4.08. The number of nitrogens with zero attached hydrogens (tertiary/aromatic N) is 2. The molecule has 0 aliphatic rings. The third-order valence-corrected chi connectivity index (χ3v) is 4.65. The molecule has 1 amide bonds. The molecule has 0 fully saturated rings. The molecular weight excluding hydrogens is 356 g/mol. The molecule has 0 radical (unpaired) electrons. The van der Waals surface area contributed by atoms with Crippen molar-refractivity contribution in [1.82, 2.24) is 9.78 Å². The van der Waals surface area contributed by atoms with E-state index in [2.05, 4.69) is 10.4 Å². The quantitative estimate of drug-likeness (QED) is 0.836. The number of hydrogen-bond donors (Lipinski definition) is 1. The second-order valence-corrected chi connectivity index (χ2v) is 6.92. The van der Waals surface area contributed by atoms with Crippen molar-refractivity contribution in [2.24, 2.45) is 0 Å². The van der Waals surface area contributed by atoms with E-state index in [1.54, 1.807) is 0 Å². The molecule has 2 rings (SSSR count). The van der Waals surface area contributed by atoms with E-state index in [0.29, 0.717) is 13.0 Å². The average molecular weight is 371 g/mol. The minimum atomic E-state index is -4.88. The number of carbonyl (C=O) groups excluding carboxylic acids is 1. The smallest absolute Gasteiger partial charge is 0.319 e. The van der Waals surface area contributed by atoms with Gasteiger partial charge in [0.2, 0.25) is 9.84 Å². The maximum atomic E-state index is 12.8. The van der Waals surface area contributed by atoms with Gasteiger partial charge in [0.15, 0.2) is 0 Å². The fraction of sp³-hybridized carbons (Fsp3) is 0.267. The molecule has 2 aromatic rings. The number of carbonyl (C=O) groups is 1. The van der Waals surface area contributed by atoms with Crippen molar-refractivity contribution in [3.8, 4) is 0 Å². The highest BCUT2D eigenvalue weighted by Crippen LogP contribution is 2.26. The molecule has 1 aromatic heterocycles. The van der Waals surface area contributed by atoms with Crippen molar-refractivity contribution >= 4 is 21.4 Å². The molecule has 0 bridgehead atoms. The number of halogens is 2. The number of alkyl halides is 2. The largest absolute Gasteiger partial charge is 0.341 e. The van der Waals surface area contributed by atoms with Gasteiger partial charge in [-0.2, -0.15) is 13.9 Å². The first-order chi connectivity index (χ1) is 11.8. The van der Waals surface area contributed by atoms with E-state index in [4.69, 9.17) is 0 Å². The van der Waals surface area contributed by atoms with Crippen LogP contribution in [0, 0.1) is 0 Å². The second kappa shape index (κ2) is 7.51. The molecule has 0 unspecified atom stereocenters. The summed E-state index contributed by atoms with van der Waals surface area (Å²) >= 11 is 0. The minimum absolute atomic E-state index is 0.141. The summed E-state index contributed by atoms with van der Waals surface area (Å²) in [6.07, 6.45) is 0.618. The predicted octanol–water partition coefficient (Wildman–Crippen LogP) is 1.90. The highest BCUT2D eigenvalue weighted by atomic mass is 32.2. The maximum absolute atomic E-state index is 12.8. The molecule has 10 heteroatoms. The fourth-order valence-electron chi connectivity index (χ4n) is 2.04. The van der Waals surface area contributed by atoms with E-state index in [-0.39, 0.29) is 16.9 Å². The number of nitrogens with one attached hydrogen (secondary N) is 1. The van der Waals surface area contributed by atoms with Crippen molar-refractivity contribution in [3.63, 3.8) is 0 Å². The molecule has 134 valence electrons. The highest BCUT2D eigenvalue weighted by Gasteiger charge is 2.29. The summed E-state index contributed by atoms with van der Waals surface area (Å²) in [5.74, 6) is -4.43. The highest BCUT2D eigenvalue weighted by molar-refractivity contribution is 7.91. The van der Waals surface area contributed by atoms with Crippen molar-refractivity contribution in [3.05, 3.63) is 52.4 Å². The van der Waals surface area contributed by atoms with Crippen LogP contribution in [0.5, 0.6) is 0 Å². The van der Waals surface area contributed by atoms with Gasteiger partial charge < -0.3 is 5.32 Å². The summed E-state index contributed by atoms with van der Waals surface area (Å²) in [4.78, 5) is 23.2. The van der Waals surface area contributed by atoms with Gasteiger partial charge in [0.05, 0.1) is 10.6 Å². The summed E-state index contributed by atoms with van der Waals surface area (Å²) in [7, 11) is -4.88. The zero-order valence-corrected chi connectivity index (χ0v) is 14.0. The van der Waals surface area contributed by atoms with Crippen molar-refractivity contribution < 1.29 is 22.0 Å². The van der Waals surface area contributed by atoms with Gasteiger partial charge in [-0.1, -0.05) is 19.1 Å². The third-order valence-electron chi connectivity index (χ3n) is 3.21. The Balaban J connectivity index is 2.37. The lowest BCUT2D eigenvalue weighted by atomic mass is 10.3. The van der Waals surface area contributed by atoms with Crippen molar-refractivity contribution in [1.29, 1.82) is 0 Å². The van der Waals surface area contributed by atoms with E-state index in [0.717, 1.165) is 16.8 Å². The summed E-state index contributed by atoms with van der Waals surface area (Å²) in [5.41, 5.74) is -0.820. The zero-order chi connectivity index (χ0) is 18.6. The van der Waals surface area contributed by atoms with Crippen LogP contribution in [0.4, 0.5) is 14.5 Å². The van der Waals surface area contributed by atoms with Crippen LogP contribution in [0.2, 0.25) is 0 Å². The van der Waals surface area contributed by atoms with Crippen LogP contribution in [0.1, 0.15) is 23.8 Å². The van der Waals surface area contributed by atoms with Gasteiger partial charge in [0.25, 0.3) is 11.5 Å². The predicted molar refractivity (Wildman–Crippen MR) is 86.4 cm³/mol. The van der Waals surface area contributed by atoms with Crippen LogP contribution in [0.25, 0.3) is 0 Å². The molecular formula is C15H15F2N3O4S. The number of aromatic nitrogens is 2. The molecule has 1 aromatic carbocycles. The summed E-state index contributed by atoms with van der Waals surface area (Å²) < 4.78 is 50.0. The fourth-order valence-corrected chi connectivity index (χ4v) is 2.93. The van der Waals surface area contributed by atoms with E-state index in [1.807, 2.05) is 6.92 Å². The number of aryl methyl sites for hydroxylation is 1. The zero-order valence-electron chi connectivity index (χ0n) is 13.1. The number of anilines is 1. The Morgan fingerprint density at radius 2 is 1.92 bits per heavy atom. The van der Waals surface area contributed by atoms with E-state index in [9.17, 15) is 26.8 Å². The van der Waals surface area contributed by atoms with Crippen LogP contribution in [0.15, 0.2) is 46.1 Å². The first-order valence-electron chi connectivity index (χ1n) is 7.28. The van der Waals surface area contributed by atoms with Gasteiger partial charge in [-0.15, -0.1) is 0 Å². The Bertz CT molecular complexity index is 942. The van der Waals surface area contributed by atoms with Gasteiger partial charge in [0, 0.05) is 12.6 Å². The Kier molecular flexibility index (Phi) is 5.62. The first kappa shape index (κ1) is 18.7. The normalized spacial score (nSPS) is 11.5. The molecule has 1 N–H and O–H groups in total. The SMILES string of the molecule is CCCn1nc(C(=O)Nc2ccccc2S(=O)(=O)C(F)F)ccc1=O. The first-order valence-corrected chi connectivity index (χ1v) is 8.82. The molecule has 0 aliphatic carbocycles. The lowest BCUT2D eigenvalue weighted by Gasteiger charge is -2.11. The molecule has 7 nitrogen and oxygen atoms in total. The summed E-state index contributed by atoms with van der Waals surface area (Å²) in [6.45, 7) is 2.13. The molecule has 1 heterocycles. The molecule has 0 saturated heterocycles. The Hall–Kier alpha value is -2.62. The summed E-state index contributed by atoms with van der Waals surface area (Å²) in [6, 6.07) is 7.15. The van der Waals surface area contributed by atoms with Gasteiger partial charge in [-0.25, -0.2) is 13.1 Å². The number of benzene rings is 1. The van der Waals surface area contributed by atoms with Gasteiger partial charge >= 0.3 is 5.76 Å². The monoisotopic (exact) mass is 371 g/mol. The van der Waals surface area contributed by atoms with Crippen molar-refractivity contribution in [2.45, 2.75) is 30.5 Å². The molecule has 0 saturated carbocycles. The number of hydrogen-bond acceptors (Lipinski definition) is 5. The maximum Gasteiger partial charge on any atom is 0.341 e. The lowest BCUT2D eigenvalue weighted by Crippen LogP contribution is -2.26. The standard InChI is InChI=1S/C15H15F2N3O4S/c1-2-9-20-13(21)8-7-11(19-20)14(22)18-10-5-3-4-6-12(10)25(23,24)15(16)17/h3-8,15H,2,9H2,1H3,(H,18,22). The Labute approximate surface area is 142 Å². The van der Waals surface area contributed by atoms with Crippen LogP contribution < -0.4 is 10.9 Å². The van der Waals surface area contributed by atoms with Crippen LogP contribution in [-0.4, -0.2) is 29.9 Å². The van der Waals surface area contributed by atoms with Gasteiger partial charge in [-0.3, -0.25) is 9.59 Å². The Morgan fingerprint density at radius 1 is 1.24 bits per heavy atom. The van der Waals surface area contributed by atoms with Gasteiger partial charge in [-0.05, 0) is 24.6 Å². The number of para-hydroxylation sites is 1. The second-order valence-electron chi connectivity index (χ2n) is 5.04. The Morgan fingerprint density at radius 3 is 2.56 bits per heavy atom. The molecule has 0 spiro atoms. The molecule has 0 atom stereocenters. The number of rotatable bonds is 6.